The van der Waals surface area contributed by atoms with E-state index < -0.39 is 0 Å². The summed E-state index contributed by atoms with van der Waals surface area (Å²) in [6.07, 6.45) is 2.15. The van der Waals surface area contributed by atoms with Crippen molar-refractivity contribution in [1.29, 1.82) is 0 Å². The number of likely N-dealkylation sites (N-methyl/N-ethyl adjacent to an activating group) is 1. The van der Waals surface area contributed by atoms with Crippen molar-refractivity contribution in [2.75, 3.05) is 41.3 Å². The third-order valence-electron chi connectivity index (χ3n) is 3.02. The maximum atomic E-state index is 11.2. The summed E-state index contributed by atoms with van der Waals surface area (Å²) in [5, 5.41) is 0. The maximum Gasteiger partial charge on any atom is 0.409 e. The summed E-state index contributed by atoms with van der Waals surface area (Å²) in [5.74, 6) is 0. The molecule has 0 aromatic heterocycles. The number of likely N-dealkylation sites (tertiary alicyclic amines) is 1. The number of amides is 1. The SMILES string of the molecule is CN(C)C(=O)OC[C@H]1CCC[N+]1(C)C.[I-]. The summed E-state index contributed by atoms with van der Waals surface area (Å²) >= 11 is 0. The molecule has 15 heavy (non-hydrogen) atoms. The van der Waals surface area contributed by atoms with Crippen LogP contribution in [0.4, 0.5) is 4.79 Å². The van der Waals surface area contributed by atoms with Crippen molar-refractivity contribution in [2.45, 2.75) is 18.9 Å². The van der Waals surface area contributed by atoms with Gasteiger partial charge in [-0.25, -0.2) is 4.79 Å². The first-order valence-electron chi connectivity index (χ1n) is 5.10. The molecule has 1 heterocycles. The predicted octanol–water partition coefficient (Wildman–Crippen LogP) is -2.07. The highest BCUT2D eigenvalue weighted by Crippen LogP contribution is 2.22. The van der Waals surface area contributed by atoms with Gasteiger partial charge >= 0.3 is 6.09 Å². The average Bonchev–Trinajstić information content (AvgIpc) is 2.40. The van der Waals surface area contributed by atoms with Gasteiger partial charge in [0.15, 0.2) is 0 Å². The first kappa shape index (κ1) is 15.0. The number of nitrogens with zero attached hydrogens (tertiary/aromatic N) is 2. The Morgan fingerprint density at radius 1 is 1.47 bits per heavy atom. The second-order valence-corrected chi connectivity index (χ2v) is 4.77. The first-order chi connectivity index (χ1) is 6.43. The van der Waals surface area contributed by atoms with E-state index in [1.807, 2.05) is 0 Å². The van der Waals surface area contributed by atoms with Crippen LogP contribution in [0.15, 0.2) is 0 Å². The van der Waals surface area contributed by atoms with Crippen molar-refractivity contribution in [3.8, 4) is 0 Å². The van der Waals surface area contributed by atoms with Crippen LogP contribution in [-0.4, -0.2) is 62.9 Å². The van der Waals surface area contributed by atoms with E-state index in [0.717, 1.165) is 10.9 Å². The molecule has 0 unspecified atom stereocenters. The molecule has 1 aliphatic heterocycles. The Kier molecular flexibility index (Phi) is 5.87. The Labute approximate surface area is 109 Å². The van der Waals surface area contributed by atoms with Crippen LogP contribution in [-0.2, 0) is 4.74 Å². The fourth-order valence-electron chi connectivity index (χ4n) is 1.85. The van der Waals surface area contributed by atoms with Crippen LogP contribution in [0.3, 0.4) is 0 Å². The lowest BCUT2D eigenvalue weighted by molar-refractivity contribution is -0.902. The molecule has 0 spiro atoms. The first-order valence-corrected chi connectivity index (χ1v) is 5.10. The van der Waals surface area contributed by atoms with Crippen molar-refractivity contribution in [1.82, 2.24) is 4.90 Å². The molecule has 90 valence electrons. The second-order valence-electron chi connectivity index (χ2n) is 4.77. The maximum absolute atomic E-state index is 11.2. The molecule has 1 fully saturated rings. The van der Waals surface area contributed by atoms with Gasteiger partial charge in [0.2, 0.25) is 0 Å². The molecular formula is C10H21IN2O2. The Morgan fingerprint density at radius 3 is 2.47 bits per heavy atom. The monoisotopic (exact) mass is 328 g/mol. The molecule has 0 saturated carbocycles. The van der Waals surface area contributed by atoms with Crippen molar-refractivity contribution >= 4 is 6.09 Å². The molecule has 1 atom stereocenters. The number of hydrogen-bond acceptors (Lipinski definition) is 2. The lowest BCUT2D eigenvalue weighted by Gasteiger charge is -2.31. The highest BCUT2D eigenvalue weighted by atomic mass is 127. The third kappa shape index (κ3) is 4.14. The van der Waals surface area contributed by atoms with Crippen LogP contribution < -0.4 is 24.0 Å². The fraction of sp³-hybridized carbons (Fsp3) is 0.900. The molecule has 1 rings (SSSR count). The van der Waals surface area contributed by atoms with Gasteiger partial charge in [-0.3, -0.25) is 0 Å². The number of quaternary nitrogens is 1. The van der Waals surface area contributed by atoms with Crippen molar-refractivity contribution in [2.24, 2.45) is 0 Å². The third-order valence-corrected chi connectivity index (χ3v) is 3.02. The highest BCUT2D eigenvalue weighted by molar-refractivity contribution is 5.66. The number of rotatable bonds is 2. The van der Waals surface area contributed by atoms with E-state index in [2.05, 4.69) is 14.1 Å². The van der Waals surface area contributed by atoms with Crippen LogP contribution in [0.5, 0.6) is 0 Å². The van der Waals surface area contributed by atoms with Crippen molar-refractivity contribution in [3.63, 3.8) is 0 Å². The lowest BCUT2D eigenvalue weighted by atomic mass is 10.2. The lowest BCUT2D eigenvalue weighted by Crippen LogP contribution is -3.00. The van der Waals surface area contributed by atoms with Gasteiger partial charge < -0.3 is 38.1 Å². The van der Waals surface area contributed by atoms with Crippen LogP contribution in [0, 0.1) is 0 Å². The molecule has 4 nitrogen and oxygen atoms in total. The molecular weight excluding hydrogens is 307 g/mol. The normalized spacial score (nSPS) is 23.1. The Bertz CT molecular complexity index is 219. The summed E-state index contributed by atoms with van der Waals surface area (Å²) < 4.78 is 6.17. The van der Waals surface area contributed by atoms with E-state index in [0.29, 0.717) is 12.6 Å². The van der Waals surface area contributed by atoms with Crippen LogP contribution in [0.2, 0.25) is 0 Å². The van der Waals surface area contributed by atoms with E-state index >= 15 is 0 Å². The van der Waals surface area contributed by atoms with E-state index in [1.165, 1.54) is 17.9 Å². The van der Waals surface area contributed by atoms with Crippen molar-refractivity contribution < 1.29 is 38.0 Å². The van der Waals surface area contributed by atoms with Gasteiger partial charge in [0.05, 0.1) is 20.6 Å². The van der Waals surface area contributed by atoms with Gasteiger partial charge in [0.25, 0.3) is 0 Å². The number of hydrogen-bond donors (Lipinski definition) is 0. The van der Waals surface area contributed by atoms with E-state index in [9.17, 15) is 4.79 Å². The molecule has 0 aromatic carbocycles. The Hall–Kier alpha value is -0.0400. The zero-order valence-electron chi connectivity index (χ0n) is 9.99. The van der Waals surface area contributed by atoms with Crippen molar-refractivity contribution in [3.05, 3.63) is 0 Å². The summed E-state index contributed by atoms with van der Waals surface area (Å²) in [6.45, 7) is 1.73. The number of carbonyl (C=O) groups is 1. The van der Waals surface area contributed by atoms with Gasteiger partial charge in [-0.2, -0.15) is 0 Å². The molecule has 0 radical (unpaired) electrons. The summed E-state index contributed by atoms with van der Waals surface area (Å²) in [4.78, 5) is 12.7. The topological polar surface area (TPSA) is 29.5 Å². The van der Waals surface area contributed by atoms with Gasteiger partial charge in [-0.05, 0) is 0 Å². The van der Waals surface area contributed by atoms with E-state index in [1.54, 1.807) is 14.1 Å². The molecule has 0 aliphatic carbocycles. The summed E-state index contributed by atoms with van der Waals surface area (Å²) in [7, 11) is 7.80. The van der Waals surface area contributed by atoms with Crippen LogP contribution in [0.25, 0.3) is 0 Å². The number of halogens is 1. The minimum atomic E-state index is -0.239. The van der Waals surface area contributed by atoms with Gasteiger partial charge in [0.1, 0.15) is 12.6 Å². The van der Waals surface area contributed by atoms with E-state index in [-0.39, 0.29) is 30.1 Å². The number of carbonyl (C=O) groups excluding carboxylic acids is 1. The summed E-state index contributed by atoms with van der Waals surface area (Å²) in [5.41, 5.74) is 0. The molecule has 0 N–H and O–H groups in total. The second kappa shape index (κ2) is 5.89. The minimum absolute atomic E-state index is 0. The smallest absolute Gasteiger partial charge is 0.409 e. The molecule has 5 heteroatoms. The van der Waals surface area contributed by atoms with Crippen LogP contribution in [0.1, 0.15) is 12.8 Å². The van der Waals surface area contributed by atoms with Crippen LogP contribution >= 0.6 is 0 Å². The standard InChI is InChI=1S/C10H21N2O2.HI/c1-11(2)10(13)14-8-9-6-5-7-12(9,3)4;/h9H,5-8H2,1-4H3;1H/q+1;/p-1/t9-;/m1./s1. The van der Waals surface area contributed by atoms with Gasteiger partial charge in [0, 0.05) is 26.9 Å². The van der Waals surface area contributed by atoms with E-state index in [4.69, 9.17) is 4.74 Å². The largest absolute Gasteiger partial charge is 1.00 e. The Balaban J connectivity index is 0.00000196. The fourth-order valence-corrected chi connectivity index (χ4v) is 1.85. The minimum Gasteiger partial charge on any atom is -1.00 e. The molecule has 0 bridgehead atoms. The molecule has 1 aliphatic rings. The molecule has 0 aromatic rings. The quantitative estimate of drug-likeness (QED) is 0.431. The molecule has 1 amide bonds. The summed E-state index contributed by atoms with van der Waals surface area (Å²) in [6, 6.07) is 0.471. The number of ether oxygens (including phenoxy) is 1. The average molecular weight is 328 g/mol. The zero-order chi connectivity index (χ0) is 10.8. The predicted molar refractivity (Wildman–Crippen MR) is 55.0 cm³/mol. The van der Waals surface area contributed by atoms with Gasteiger partial charge in [-0.15, -0.1) is 0 Å². The zero-order valence-corrected chi connectivity index (χ0v) is 12.2. The molecule has 1 saturated heterocycles. The highest BCUT2D eigenvalue weighted by Gasteiger charge is 2.34. The Morgan fingerprint density at radius 2 is 2.07 bits per heavy atom. The van der Waals surface area contributed by atoms with Gasteiger partial charge in [-0.1, -0.05) is 0 Å².